The molecule has 0 saturated heterocycles. The zero-order valence-corrected chi connectivity index (χ0v) is 15.3. The first kappa shape index (κ1) is 15.3. The van der Waals surface area contributed by atoms with E-state index in [1.807, 2.05) is 30.3 Å². The Balaban J connectivity index is 1.69. The number of hydrogen-bond donors (Lipinski definition) is 1. The second kappa shape index (κ2) is 5.81. The van der Waals surface area contributed by atoms with Gasteiger partial charge in [0.2, 0.25) is 5.95 Å². The summed E-state index contributed by atoms with van der Waals surface area (Å²) in [6.07, 6.45) is 0.771. The van der Waals surface area contributed by atoms with Gasteiger partial charge in [-0.05, 0) is 50.8 Å². The van der Waals surface area contributed by atoms with Crippen LogP contribution in [0.4, 0.5) is 5.95 Å². The van der Waals surface area contributed by atoms with Crippen molar-refractivity contribution in [1.29, 1.82) is 0 Å². The molecule has 1 aliphatic carbocycles. The first-order valence-corrected chi connectivity index (χ1v) is 9.09. The molecule has 5 heteroatoms. The van der Waals surface area contributed by atoms with Crippen molar-refractivity contribution in [1.82, 2.24) is 9.97 Å². The molecule has 2 N–H and O–H groups in total. The van der Waals surface area contributed by atoms with Gasteiger partial charge in [0, 0.05) is 17.5 Å². The lowest BCUT2D eigenvalue weighted by molar-refractivity contribution is 0.553. The minimum absolute atomic E-state index is 0.254. The number of anilines is 1. The first-order chi connectivity index (χ1) is 12.7. The molecule has 1 aliphatic rings. The SMILES string of the molecule is Nc1nc(-c2ccc(Br)o2)c2c(n1)-c1cc(-c3ccccc3)ccc1C2. The Labute approximate surface area is 158 Å². The number of hydrogen-bond acceptors (Lipinski definition) is 4. The van der Waals surface area contributed by atoms with Crippen molar-refractivity contribution >= 4 is 21.9 Å². The number of nitrogen functional groups attached to an aromatic ring is 1. The monoisotopic (exact) mass is 403 g/mol. The highest BCUT2D eigenvalue weighted by molar-refractivity contribution is 9.10. The van der Waals surface area contributed by atoms with Crippen LogP contribution in [0.1, 0.15) is 11.1 Å². The molecule has 126 valence electrons. The summed E-state index contributed by atoms with van der Waals surface area (Å²) in [5, 5.41) is 0. The average Bonchev–Trinajstić information content (AvgIpc) is 3.25. The van der Waals surface area contributed by atoms with E-state index in [9.17, 15) is 0 Å². The van der Waals surface area contributed by atoms with Crippen molar-refractivity contribution in [3.63, 3.8) is 0 Å². The maximum Gasteiger partial charge on any atom is 0.221 e. The molecule has 0 amide bonds. The minimum atomic E-state index is 0.254. The third-order valence-corrected chi connectivity index (χ3v) is 5.10. The summed E-state index contributed by atoms with van der Waals surface area (Å²) in [7, 11) is 0. The predicted octanol–water partition coefficient (Wildman–Crippen LogP) is 5.32. The molecule has 5 rings (SSSR count). The number of benzene rings is 2. The van der Waals surface area contributed by atoms with Gasteiger partial charge in [0.05, 0.1) is 5.69 Å². The molecule has 0 bridgehead atoms. The number of fused-ring (bicyclic) bond motifs is 3. The molecule has 2 aromatic heterocycles. The van der Waals surface area contributed by atoms with Gasteiger partial charge in [-0.15, -0.1) is 0 Å². The Morgan fingerprint density at radius 1 is 0.885 bits per heavy atom. The zero-order valence-electron chi connectivity index (χ0n) is 13.7. The molecule has 0 aliphatic heterocycles. The van der Waals surface area contributed by atoms with E-state index in [0.29, 0.717) is 10.4 Å². The van der Waals surface area contributed by atoms with E-state index >= 15 is 0 Å². The van der Waals surface area contributed by atoms with E-state index in [2.05, 4.69) is 56.2 Å². The van der Waals surface area contributed by atoms with Crippen LogP contribution in [0.5, 0.6) is 0 Å². The van der Waals surface area contributed by atoms with Crippen LogP contribution in [0, 0.1) is 0 Å². The van der Waals surface area contributed by atoms with Gasteiger partial charge in [-0.25, -0.2) is 9.97 Å². The third-order valence-electron chi connectivity index (χ3n) is 4.67. The highest BCUT2D eigenvalue weighted by Crippen LogP contribution is 2.42. The van der Waals surface area contributed by atoms with Crippen molar-refractivity contribution in [3.05, 3.63) is 76.5 Å². The molecule has 0 saturated carbocycles. The van der Waals surface area contributed by atoms with Crippen molar-refractivity contribution in [3.8, 4) is 33.8 Å². The number of halogens is 1. The van der Waals surface area contributed by atoms with Crippen LogP contribution in [0.3, 0.4) is 0 Å². The molecular weight excluding hydrogens is 390 g/mol. The first-order valence-electron chi connectivity index (χ1n) is 8.30. The van der Waals surface area contributed by atoms with Crippen LogP contribution in [-0.4, -0.2) is 9.97 Å². The van der Waals surface area contributed by atoms with Crippen molar-refractivity contribution in [2.45, 2.75) is 6.42 Å². The van der Waals surface area contributed by atoms with Crippen LogP contribution in [-0.2, 0) is 6.42 Å². The highest BCUT2D eigenvalue weighted by atomic mass is 79.9. The molecule has 4 nitrogen and oxygen atoms in total. The number of aromatic nitrogens is 2. The Morgan fingerprint density at radius 2 is 1.69 bits per heavy atom. The van der Waals surface area contributed by atoms with Gasteiger partial charge in [-0.3, -0.25) is 0 Å². The summed E-state index contributed by atoms with van der Waals surface area (Å²) in [5.74, 6) is 0.947. The molecule has 4 aromatic rings. The van der Waals surface area contributed by atoms with E-state index in [-0.39, 0.29) is 5.95 Å². The topological polar surface area (TPSA) is 64.9 Å². The molecule has 2 aromatic carbocycles. The molecule has 2 heterocycles. The van der Waals surface area contributed by atoms with Crippen LogP contribution < -0.4 is 5.73 Å². The van der Waals surface area contributed by atoms with Crippen LogP contribution >= 0.6 is 15.9 Å². The van der Waals surface area contributed by atoms with Gasteiger partial charge < -0.3 is 10.2 Å². The van der Waals surface area contributed by atoms with Crippen molar-refractivity contribution in [2.75, 3.05) is 5.73 Å². The fraction of sp³-hybridized carbons (Fsp3) is 0.0476. The summed E-state index contributed by atoms with van der Waals surface area (Å²) < 4.78 is 6.38. The number of furan rings is 1. The summed E-state index contributed by atoms with van der Waals surface area (Å²) in [5.41, 5.74) is 13.4. The smallest absolute Gasteiger partial charge is 0.221 e. The maximum atomic E-state index is 6.01. The molecular formula is C21H14BrN3O. The minimum Gasteiger partial charge on any atom is -0.448 e. The Kier molecular flexibility index (Phi) is 3.43. The predicted molar refractivity (Wildman–Crippen MR) is 106 cm³/mol. The Bertz CT molecular complexity index is 1140. The summed E-state index contributed by atoms with van der Waals surface area (Å²) in [6, 6.07) is 20.6. The normalized spacial score (nSPS) is 12.0. The van der Waals surface area contributed by atoms with Crippen LogP contribution in [0.2, 0.25) is 0 Å². The zero-order chi connectivity index (χ0) is 17.7. The standard InChI is InChI=1S/C21H14BrN3O/c22-18-9-8-17(26-18)20-16-11-14-7-6-13(12-4-2-1-3-5-12)10-15(14)19(16)24-21(23)25-20/h1-10H,11H2,(H2,23,24,25). The average molecular weight is 404 g/mol. The third kappa shape index (κ3) is 2.44. The van der Waals surface area contributed by atoms with Gasteiger partial charge in [0.15, 0.2) is 10.4 Å². The van der Waals surface area contributed by atoms with Gasteiger partial charge in [-0.2, -0.15) is 0 Å². The Morgan fingerprint density at radius 3 is 2.46 bits per heavy atom. The second-order valence-corrected chi connectivity index (χ2v) is 7.06. The van der Waals surface area contributed by atoms with Gasteiger partial charge >= 0.3 is 0 Å². The number of rotatable bonds is 2. The maximum absolute atomic E-state index is 6.01. The van der Waals surface area contributed by atoms with Gasteiger partial charge in [0.1, 0.15) is 5.69 Å². The van der Waals surface area contributed by atoms with E-state index in [1.54, 1.807) is 0 Å². The number of nitrogens with two attached hydrogens (primary N) is 1. The highest BCUT2D eigenvalue weighted by Gasteiger charge is 2.26. The second-order valence-electron chi connectivity index (χ2n) is 6.28. The lowest BCUT2D eigenvalue weighted by atomic mass is 10.0. The Hall–Kier alpha value is -2.92. The lowest BCUT2D eigenvalue weighted by Gasteiger charge is -2.07. The molecule has 26 heavy (non-hydrogen) atoms. The molecule has 0 fully saturated rings. The van der Waals surface area contributed by atoms with Crippen LogP contribution in [0.25, 0.3) is 33.8 Å². The van der Waals surface area contributed by atoms with Crippen LogP contribution in [0.15, 0.2) is 69.8 Å². The summed E-state index contributed by atoms with van der Waals surface area (Å²) in [6.45, 7) is 0. The quantitative estimate of drug-likeness (QED) is 0.433. The molecule has 0 atom stereocenters. The summed E-state index contributed by atoms with van der Waals surface area (Å²) >= 11 is 3.35. The van der Waals surface area contributed by atoms with Gasteiger partial charge in [0.25, 0.3) is 0 Å². The fourth-order valence-electron chi connectivity index (χ4n) is 3.49. The lowest BCUT2D eigenvalue weighted by Crippen LogP contribution is -2.01. The van der Waals surface area contributed by atoms with Crippen molar-refractivity contribution in [2.24, 2.45) is 0 Å². The molecule has 0 radical (unpaired) electrons. The van der Waals surface area contributed by atoms with E-state index in [4.69, 9.17) is 10.2 Å². The van der Waals surface area contributed by atoms with E-state index in [1.165, 1.54) is 11.1 Å². The summed E-state index contributed by atoms with van der Waals surface area (Å²) in [4.78, 5) is 8.98. The van der Waals surface area contributed by atoms with Gasteiger partial charge in [-0.1, -0.05) is 42.5 Å². The fourth-order valence-corrected chi connectivity index (χ4v) is 3.80. The largest absolute Gasteiger partial charge is 0.448 e. The van der Waals surface area contributed by atoms with E-state index < -0.39 is 0 Å². The van der Waals surface area contributed by atoms with Crippen molar-refractivity contribution < 1.29 is 4.42 Å². The number of nitrogens with zero attached hydrogens (tertiary/aromatic N) is 2. The van der Waals surface area contributed by atoms with E-state index in [0.717, 1.165) is 34.5 Å². The molecule has 0 spiro atoms. The molecule has 0 unspecified atom stereocenters.